The molecule has 3 atom stereocenters. The largest absolute Gasteiger partial charge is 0.469 e. The monoisotopic (exact) mass is 488 g/mol. The van der Waals surface area contributed by atoms with Gasteiger partial charge in [0.15, 0.2) is 0 Å². The van der Waals surface area contributed by atoms with E-state index < -0.39 is 17.7 Å². The normalized spacial score (nSPS) is 15.3. The molecular weight excluding hydrogens is 449 g/mol. The second-order valence-electron chi connectivity index (χ2n) is 9.02. The van der Waals surface area contributed by atoms with Gasteiger partial charge in [-0.05, 0) is 24.7 Å². The predicted molar refractivity (Wildman–Crippen MR) is 124 cm³/mol. The molecule has 0 aromatic heterocycles. The Labute approximate surface area is 201 Å². The molecule has 0 fully saturated rings. The maximum absolute atomic E-state index is 13.9. The average molecular weight is 489 g/mol. The van der Waals surface area contributed by atoms with Crippen molar-refractivity contribution in [2.45, 2.75) is 83.4 Å². The van der Waals surface area contributed by atoms with Gasteiger partial charge < -0.3 is 14.2 Å². The SMILES string of the molecule is COC(=O)CCCC[C@H](C)CCCCC[C@@H](C)COC(=O)[C@@](OC)(c1ccccc1)C(F)(F)F. The molecule has 0 N–H and O–H groups in total. The molecular formula is C26H39F3O5. The molecule has 8 heteroatoms. The number of methoxy groups -OCH3 is 2. The van der Waals surface area contributed by atoms with Gasteiger partial charge in [-0.3, -0.25) is 4.79 Å². The van der Waals surface area contributed by atoms with Crippen LogP contribution < -0.4 is 0 Å². The molecule has 0 amide bonds. The van der Waals surface area contributed by atoms with Gasteiger partial charge in [-0.1, -0.05) is 82.7 Å². The molecule has 0 heterocycles. The van der Waals surface area contributed by atoms with Gasteiger partial charge >= 0.3 is 18.1 Å². The van der Waals surface area contributed by atoms with Gasteiger partial charge in [0.1, 0.15) is 0 Å². The number of alkyl halides is 3. The predicted octanol–water partition coefficient (Wildman–Crippen LogP) is 6.59. The highest BCUT2D eigenvalue weighted by molar-refractivity contribution is 5.82. The molecule has 0 aliphatic heterocycles. The highest BCUT2D eigenvalue weighted by atomic mass is 19.4. The van der Waals surface area contributed by atoms with Crippen molar-refractivity contribution in [1.82, 2.24) is 0 Å². The summed E-state index contributed by atoms with van der Waals surface area (Å²) in [7, 11) is 2.27. The first-order valence-electron chi connectivity index (χ1n) is 12.0. The second-order valence-corrected chi connectivity index (χ2v) is 9.02. The number of carbonyl (C=O) groups is 2. The average Bonchev–Trinajstić information content (AvgIpc) is 2.80. The van der Waals surface area contributed by atoms with Crippen molar-refractivity contribution in [2.75, 3.05) is 20.8 Å². The van der Waals surface area contributed by atoms with Gasteiger partial charge in [-0.2, -0.15) is 13.2 Å². The van der Waals surface area contributed by atoms with Crippen LogP contribution >= 0.6 is 0 Å². The third kappa shape index (κ3) is 9.28. The van der Waals surface area contributed by atoms with E-state index >= 15 is 0 Å². The molecule has 0 unspecified atom stereocenters. The van der Waals surface area contributed by atoms with Crippen LogP contribution in [0.3, 0.4) is 0 Å². The zero-order chi connectivity index (χ0) is 25.6. The summed E-state index contributed by atoms with van der Waals surface area (Å²) in [6.07, 6.45) is 3.29. The van der Waals surface area contributed by atoms with Gasteiger partial charge in [0.25, 0.3) is 5.60 Å². The number of carbonyl (C=O) groups excluding carboxylic acids is 2. The minimum absolute atomic E-state index is 0.0572. The molecule has 5 nitrogen and oxygen atoms in total. The van der Waals surface area contributed by atoms with Crippen LogP contribution in [0, 0.1) is 11.8 Å². The second kappa shape index (κ2) is 15.0. The Morgan fingerprint density at radius 2 is 1.41 bits per heavy atom. The first-order chi connectivity index (χ1) is 16.1. The van der Waals surface area contributed by atoms with Crippen molar-refractivity contribution < 1.29 is 37.0 Å². The summed E-state index contributed by atoms with van der Waals surface area (Å²) >= 11 is 0. The lowest BCUT2D eigenvalue weighted by Gasteiger charge is -2.32. The molecule has 34 heavy (non-hydrogen) atoms. The summed E-state index contributed by atoms with van der Waals surface area (Å²) in [5.74, 6) is -1.09. The third-order valence-electron chi connectivity index (χ3n) is 6.12. The van der Waals surface area contributed by atoms with Crippen LogP contribution in [0.1, 0.15) is 77.2 Å². The molecule has 194 valence electrons. The minimum Gasteiger partial charge on any atom is -0.469 e. The van der Waals surface area contributed by atoms with Crippen LogP contribution in [0.25, 0.3) is 0 Å². The Balaban J connectivity index is 2.37. The van der Waals surface area contributed by atoms with Crippen LogP contribution in [0.5, 0.6) is 0 Å². The maximum Gasteiger partial charge on any atom is 0.432 e. The highest BCUT2D eigenvalue weighted by Gasteiger charge is 2.64. The van der Waals surface area contributed by atoms with E-state index in [2.05, 4.69) is 11.7 Å². The van der Waals surface area contributed by atoms with Crippen LogP contribution in [-0.4, -0.2) is 38.9 Å². The first kappa shape index (κ1) is 29.9. The number of hydrogen-bond acceptors (Lipinski definition) is 5. The molecule has 0 saturated heterocycles. The molecule has 1 aromatic rings. The number of rotatable bonds is 16. The lowest BCUT2D eigenvalue weighted by Crippen LogP contribution is -2.52. The van der Waals surface area contributed by atoms with Crippen molar-refractivity contribution in [3.8, 4) is 0 Å². The standard InChI is InChI=1S/C26H39F3O5/c1-20(14-11-12-18-23(30)32-3)13-7-5-8-15-21(2)19-34-24(31)25(33-4,26(27,28)29)22-16-9-6-10-17-22/h6,9-10,16-17,20-21H,5,7-8,11-15,18-19H2,1-4H3/t20-,21-,25+/m1/s1. The van der Waals surface area contributed by atoms with E-state index in [1.165, 1.54) is 31.4 Å². The minimum atomic E-state index is -4.96. The molecule has 0 saturated carbocycles. The number of unbranched alkanes of at least 4 members (excludes halogenated alkanes) is 3. The third-order valence-corrected chi connectivity index (χ3v) is 6.12. The Kier molecular flexibility index (Phi) is 13.2. The summed E-state index contributed by atoms with van der Waals surface area (Å²) in [5, 5.41) is 0. The van der Waals surface area contributed by atoms with E-state index in [-0.39, 0.29) is 24.1 Å². The quantitative estimate of drug-likeness (QED) is 0.194. The van der Waals surface area contributed by atoms with E-state index in [4.69, 9.17) is 9.47 Å². The first-order valence-corrected chi connectivity index (χ1v) is 12.0. The summed E-state index contributed by atoms with van der Waals surface area (Å²) in [6.45, 7) is 3.97. The number of benzene rings is 1. The summed E-state index contributed by atoms with van der Waals surface area (Å²) in [4.78, 5) is 23.7. The number of hydrogen-bond donors (Lipinski definition) is 0. The Morgan fingerprint density at radius 3 is 1.94 bits per heavy atom. The highest BCUT2D eigenvalue weighted by Crippen LogP contribution is 2.43. The summed E-state index contributed by atoms with van der Waals surface area (Å²) in [6, 6.07) is 6.84. The van der Waals surface area contributed by atoms with Gasteiger partial charge in [-0.15, -0.1) is 0 Å². The number of esters is 2. The molecule has 0 spiro atoms. The maximum atomic E-state index is 13.9. The molecule has 0 aliphatic rings. The Morgan fingerprint density at radius 1 is 0.853 bits per heavy atom. The van der Waals surface area contributed by atoms with Gasteiger partial charge in [0.05, 0.1) is 13.7 Å². The van der Waals surface area contributed by atoms with E-state index in [0.29, 0.717) is 12.3 Å². The van der Waals surface area contributed by atoms with Crippen LogP contribution in [0.15, 0.2) is 30.3 Å². The fraction of sp³-hybridized carbons (Fsp3) is 0.692. The van der Waals surface area contributed by atoms with E-state index in [1.807, 2.05) is 6.92 Å². The van der Waals surface area contributed by atoms with Gasteiger partial charge in [0.2, 0.25) is 0 Å². The molecule has 1 rings (SSSR count). The van der Waals surface area contributed by atoms with Gasteiger partial charge in [0, 0.05) is 19.1 Å². The fourth-order valence-corrected chi connectivity index (χ4v) is 3.96. The molecule has 0 radical (unpaired) electrons. The van der Waals surface area contributed by atoms with Crippen molar-refractivity contribution in [2.24, 2.45) is 11.8 Å². The smallest absolute Gasteiger partial charge is 0.432 e. The van der Waals surface area contributed by atoms with Gasteiger partial charge in [-0.25, -0.2) is 4.79 Å². The van der Waals surface area contributed by atoms with Crippen molar-refractivity contribution in [1.29, 1.82) is 0 Å². The summed E-state index contributed by atoms with van der Waals surface area (Å²) in [5.41, 5.74) is -3.44. The van der Waals surface area contributed by atoms with E-state index in [0.717, 1.165) is 58.5 Å². The number of halogens is 3. The van der Waals surface area contributed by atoms with Crippen molar-refractivity contribution in [3.05, 3.63) is 35.9 Å². The van der Waals surface area contributed by atoms with E-state index in [1.54, 1.807) is 6.07 Å². The Bertz CT molecular complexity index is 723. The zero-order valence-corrected chi connectivity index (χ0v) is 20.8. The molecule has 0 aliphatic carbocycles. The number of ether oxygens (including phenoxy) is 3. The topological polar surface area (TPSA) is 61.8 Å². The molecule has 1 aromatic carbocycles. The van der Waals surface area contributed by atoms with Crippen molar-refractivity contribution >= 4 is 11.9 Å². The Hall–Kier alpha value is -2.09. The molecule has 0 bridgehead atoms. The zero-order valence-electron chi connectivity index (χ0n) is 20.8. The lowest BCUT2D eigenvalue weighted by atomic mass is 9.92. The van der Waals surface area contributed by atoms with Crippen LogP contribution in [0.2, 0.25) is 0 Å². The summed E-state index contributed by atoms with van der Waals surface area (Å²) < 4.78 is 56.2. The van der Waals surface area contributed by atoms with Crippen molar-refractivity contribution in [3.63, 3.8) is 0 Å². The van der Waals surface area contributed by atoms with Crippen LogP contribution in [0.4, 0.5) is 13.2 Å². The fourth-order valence-electron chi connectivity index (χ4n) is 3.96. The lowest BCUT2D eigenvalue weighted by molar-refractivity contribution is -0.276. The van der Waals surface area contributed by atoms with Crippen LogP contribution in [-0.2, 0) is 29.4 Å². The van der Waals surface area contributed by atoms with E-state index in [9.17, 15) is 22.8 Å².